The molecule has 1 aromatic heterocycles. The van der Waals surface area contributed by atoms with Crippen LogP contribution in [0.15, 0.2) is 53.7 Å². The summed E-state index contributed by atoms with van der Waals surface area (Å²) in [6.07, 6.45) is 4.25. The minimum atomic E-state index is -3.59. The van der Waals surface area contributed by atoms with Crippen LogP contribution >= 0.6 is 0 Å². The maximum absolute atomic E-state index is 13.0. The third-order valence-corrected chi connectivity index (χ3v) is 7.27. The van der Waals surface area contributed by atoms with Crippen LogP contribution in [0.3, 0.4) is 0 Å². The largest absolute Gasteiger partial charge is 0.484 e. The molecule has 168 valence electrons. The maximum Gasteiger partial charge on any atom is 0.262 e. The molecule has 1 aliphatic rings. The lowest BCUT2D eigenvalue weighted by Gasteiger charge is -2.26. The van der Waals surface area contributed by atoms with E-state index in [9.17, 15) is 13.2 Å². The average Bonchev–Trinajstić information content (AvgIpc) is 3.35. The topological polar surface area (TPSA) is 119 Å². The minimum absolute atomic E-state index is 0.216. The van der Waals surface area contributed by atoms with Gasteiger partial charge in [-0.2, -0.15) is 4.31 Å². The van der Waals surface area contributed by atoms with Crippen molar-refractivity contribution in [2.75, 3.05) is 25.0 Å². The Morgan fingerprint density at radius 1 is 1.09 bits per heavy atom. The van der Waals surface area contributed by atoms with E-state index in [0.29, 0.717) is 30.1 Å². The number of aryl methyl sites for hydroxylation is 1. The molecule has 0 saturated carbocycles. The number of anilines is 1. The molecule has 1 fully saturated rings. The Labute approximate surface area is 186 Å². The number of rotatable bonds is 7. The lowest BCUT2D eigenvalue weighted by atomic mass is 10.2. The molecule has 4 rings (SSSR count). The van der Waals surface area contributed by atoms with E-state index < -0.39 is 10.0 Å². The molecule has 2 aromatic carbocycles. The van der Waals surface area contributed by atoms with Gasteiger partial charge in [0.15, 0.2) is 6.61 Å². The Hall–Kier alpha value is -3.31. The lowest BCUT2D eigenvalue weighted by molar-refractivity contribution is -0.118. The van der Waals surface area contributed by atoms with Gasteiger partial charge >= 0.3 is 0 Å². The first-order chi connectivity index (χ1) is 15.4. The van der Waals surface area contributed by atoms with Crippen molar-refractivity contribution in [3.63, 3.8) is 0 Å². The zero-order valence-electron chi connectivity index (χ0n) is 17.6. The smallest absolute Gasteiger partial charge is 0.262 e. The van der Waals surface area contributed by atoms with Crippen LogP contribution in [0.2, 0.25) is 0 Å². The van der Waals surface area contributed by atoms with E-state index in [4.69, 9.17) is 4.74 Å². The highest BCUT2D eigenvalue weighted by atomic mass is 32.2. The number of hydrogen-bond acceptors (Lipinski definition) is 7. The van der Waals surface area contributed by atoms with Crippen LogP contribution in [0, 0.1) is 6.92 Å². The first-order valence-electron chi connectivity index (χ1n) is 10.3. The van der Waals surface area contributed by atoms with Crippen LogP contribution in [0.25, 0.3) is 5.69 Å². The fraction of sp³-hybridized carbons (Fsp3) is 0.333. The Balaban J connectivity index is 1.38. The van der Waals surface area contributed by atoms with Gasteiger partial charge in [-0.3, -0.25) is 4.79 Å². The van der Waals surface area contributed by atoms with Crippen molar-refractivity contribution in [3.8, 4) is 11.4 Å². The number of carbonyl (C=O) groups is 1. The molecular weight excluding hydrogens is 432 g/mol. The standard InChI is InChI=1S/C21H24N6O4S/c1-16-5-6-17(13-20(16)32(29,30)26-11-3-2-4-12-26)23-21(28)14-31-19-9-7-18(8-10-19)27-15-22-24-25-27/h5-10,13,15H,2-4,11-12,14H2,1H3,(H,23,28). The molecule has 1 aliphatic heterocycles. The molecule has 0 spiro atoms. The van der Waals surface area contributed by atoms with Crippen LogP contribution in [0.5, 0.6) is 5.75 Å². The van der Waals surface area contributed by atoms with Crippen molar-refractivity contribution in [3.05, 3.63) is 54.4 Å². The average molecular weight is 457 g/mol. The summed E-state index contributed by atoms with van der Waals surface area (Å²) in [5.41, 5.74) is 1.82. The predicted octanol–water partition coefficient (Wildman–Crippen LogP) is 2.16. The van der Waals surface area contributed by atoms with Crippen molar-refractivity contribution < 1.29 is 17.9 Å². The quantitative estimate of drug-likeness (QED) is 0.578. The van der Waals surface area contributed by atoms with Crippen LogP contribution < -0.4 is 10.1 Å². The van der Waals surface area contributed by atoms with Gasteiger partial charge < -0.3 is 10.1 Å². The van der Waals surface area contributed by atoms with Gasteiger partial charge in [-0.25, -0.2) is 13.1 Å². The number of carbonyl (C=O) groups excluding carboxylic acids is 1. The van der Waals surface area contributed by atoms with Gasteiger partial charge in [0.1, 0.15) is 12.1 Å². The molecule has 1 amide bonds. The van der Waals surface area contributed by atoms with Gasteiger partial charge in [0, 0.05) is 18.8 Å². The van der Waals surface area contributed by atoms with Crippen LogP contribution in [-0.2, 0) is 14.8 Å². The summed E-state index contributed by atoms with van der Waals surface area (Å²) in [6, 6.07) is 11.8. The molecule has 32 heavy (non-hydrogen) atoms. The minimum Gasteiger partial charge on any atom is -0.484 e. The molecule has 0 atom stereocenters. The molecule has 0 aliphatic carbocycles. The molecule has 10 nitrogen and oxygen atoms in total. The summed E-state index contributed by atoms with van der Waals surface area (Å²) in [5.74, 6) is 0.119. The number of hydrogen-bond donors (Lipinski definition) is 1. The SMILES string of the molecule is Cc1ccc(NC(=O)COc2ccc(-n3cnnn3)cc2)cc1S(=O)(=O)N1CCCCC1. The van der Waals surface area contributed by atoms with Crippen LogP contribution in [0.4, 0.5) is 5.69 Å². The second-order valence-corrected chi connectivity index (χ2v) is 9.44. The van der Waals surface area contributed by atoms with Crippen molar-refractivity contribution in [2.24, 2.45) is 0 Å². The number of piperidine rings is 1. The Kier molecular flexibility index (Phi) is 6.47. The summed E-state index contributed by atoms with van der Waals surface area (Å²) >= 11 is 0. The summed E-state index contributed by atoms with van der Waals surface area (Å²) < 4.78 is 34.6. The molecule has 3 aromatic rings. The van der Waals surface area contributed by atoms with E-state index in [-0.39, 0.29) is 17.4 Å². The monoisotopic (exact) mass is 456 g/mol. The molecule has 1 saturated heterocycles. The normalized spacial score (nSPS) is 14.8. The first kappa shape index (κ1) is 21.9. The molecule has 0 radical (unpaired) electrons. The van der Waals surface area contributed by atoms with Crippen LogP contribution in [-0.4, -0.2) is 58.5 Å². The number of nitrogens with one attached hydrogen (secondary N) is 1. The second-order valence-electron chi connectivity index (χ2n) is 7.53. The molecule has 0 bridgehead atoms. The van der Waals surface area contributed by atoms with E-state index in [1.807, 2.05) is 0 Å². The fourth-order valence-corrected chi connectivity index (χ4v) is 5.29. The summed E-state index contributed by atoms with van der Waals surface area (Å²) in [7, 11) is -3.59. The Morgan fingerprint density at radius 3 is 2.53 bits per heavy atom. The Morgan fingerprint density at radius 2 is 1.84 bits per heavy atom. The summed E-state index contributed by atoms with van der Waals surface area (Å²) in [4.78, 5) is 12.6. The number of ether oxygens (including phenoxy) is 1. The molecule has 0 unspecified atom stereocenters. The molecule has 11 heteroatoms. The zero-order valence-corrected chi connectivity index (χ0v) is 18.5. The maximum atomic E-state index is 13.0. The second kappa shape index (κ2) is 9.45. The number of nitrogens with zero attached hydrogens (tertiary/aromatic N) is 5. The number of tetrazole rings is 1. The summed E-state index contributed by atoms with van der Waals surface area (Å²) in [5, 5.41) is 13.7. The van der Waals surface area contributed by atoms with Crippen LogP contribution in [0.1, 0.15) is 24.8 Å². The van der Waals surface area contributed by atoms with Gasteiger partial charge in [0.2, 0.25) is 10.0 Å². The van der Waals surface area contributed by atoms with E-state index in [2.05, 4.69) is 20.8 Å². The predicted molar refractivity (Wildman–Crippen MR) is 117 cm³/mol. The highest BCUT2D eigenvalue weighted by molar-refractivity contribution is 7.89. The van der Waals surface area contributed by atoms with Gasteiger partial charge in [-0.15, -0.1) is 5.10 Å². The number of amides is 1. The van der Waals surface area contributed by atoms with Crippen molar-refractivity contribution in [2.45, 2.75) is 31.1 Å². The third-order valence-electron chi connectivity index (χ3n) is 5.22. The van der Waals surface area contributed by atoms with Gasteiger partial charge in [-0.1, -0.05) is 12.5 Å². The van der Waals surface area contributed by atoms with Crippen molar-refractivity contribution in [1.29, 1.82) is 0 Å². The van der Waals surface area contributed by atoms with Gasteiger partial charge in [0.05, 0.1) is 10.6 Å². The van der Waals surface area contributed by atoms with Crippen molar-refractivity contribution >= 4 is 21.6 Å². The first-order valence-corrected chi connectivity index (χ1v) is 11.7. The van der Waals surface area contributed by atoms with E-state index in [1.54, 1.807) is 43.3 Å². The van der Waals surface area contributed by atoms with Gasteiger partial charge in [0.25, 0.3) is 5.91 Å². The van der Waals surface area contributed by atoms with E-state index in [1.165, 1.54) is 21.4 Å². The number of benzene rings is 2. The molecule has 1 N–H and O–H groups in total. The van der Waals surface area contributed by atoms with E-state index in [0.717, 1.165) is 24.9 Å². The third kappa shape index (κ3) is 4.94. The number of aromatic nitrogens is 4. The lowest BCUT2D eigenvalue weighted by Crippen LogP contribution is -2.36. The van der Waals surface area contributed by atoms with Crippen molar-refractivity contribution in [1.82, 2.24) is 24.5 Å². The fourth-order valence-electron chi connectivity index (χ4n) is 3.52. The summed E-state index contributed by atoms with van der Waals surface area (Å²) in [6.45, 7) is 2.59. The molecular formula is C21H24N6O4S. The Bertz CT molecular complexity index is 1170. The highest BCUT2D eigenvalue weighted by Crippen LogP contribution is 2.26. The van der Waals surface area contributed by atoms with E-state index >= 15 is 0 Å². The highest BCUT2D eigenvalue weighted by Gasteiger charge is 2.27. The zero-order chi connectivity index (χ0) is 22.6. The molecule has 2 heterocycles. The van der Waals surface area contributed by atoms with Gasteiger partial charge in [-0.05, 0) is 72.2 Å². The number of sulfonamides is 1.